The van der Waals surface area contributed by atoms with Crippen LogP contribution in [0.2, 0.25) is 0 Å². The minimum Gasteiger partial charge on any atom is -0.462 e. The van der Waals surface area contributed by atoms with Crippen LogP contribution in [0, 0.1) is 17.8 Å². The molecule has 2 aliphatic heterocycles. The molecule has 1 saturated carbocycles. The summed E-state index contributed by atoms with van der Waals surface area (Å²) in [6.45, 7) is 3.22. The number of pyridine rings is 1. The molecule has 182 valence electrons. The van der Waals surface area contributed by atoms with Gasteiger partial charge < -0.3 is 26.0 Å². The molecule has 0 aromatic carbocycles. The van der Waals surface area contributed by atoms with E-state index in [-0.39, 0.29) is 34.6 Å². The number of carbonyl (C=O) groups excluding carboxylic acids is 2. The largest absolute Gasteiger partial charge is 0.462 e. The fourth-order valence-corrected chi connectivity index (χ4v) is 4.43. The summed E-state index contributed by atoms with van der Waals surface area (Å²) >= 11 is 0. The Hall–Kier alpha value is -3.87. The van der Waals surface area contributed by atoms with Crippen LogP contribution in [0.25, 0.3) is 0 Å². The van der Waals surface area contributed by atoms with Crippen molar-refractivity contribution in [3.05, 3.63) is 35.3 Å². The van der Waals surface area contributed by atoms with Gasteiger partial charge in [-0.2, -0.15) is 9.97 Å². The Morgan fingerprint density at radius 1 is 1.14 bits per heavy atom. The van der Waals surface area contributed by atoms with Crippen LogP contribution in [0.15, 0.2) is 18.2 Å². The molecular formula is C25H29N7O3. The highest BCUT2D eigenvalue weighted by Crippen LogP contribution is 2.45. The van der Waals surface area contributed by atoms with Crippen molar-refractivity contribution in [2.45, 2.75) is 38.0 Å². The van der Waals surface area contributed by atoms with Crippen LogP contribution in [0.4, 0.5) is 11.5 Å². The molecule has 2 saturated heterocycles. The van der Waals surface area contributed by atoms with Gasteiger partial charge >= 0.3 is 6.01 Å². The summed E-state index contributed by atoms with van der Waals surface area (Å²) < 4.78 is 5.89. The first-order valence-corrected chi connectivity index (χ1v) is 12.0. The molecule has 10 heteroatoms. The van der Waals surface area contributed by atoms with Crippen LogP contribution < -0.4 is 21.1 Å². The molecule has 4 N–H and O–H groups in total. The number of aromatic nitrogens is 3. The molecule has 5 rings (SSSR count). The third-order valence-electron chi connectivity index (χ3n) is 7.11. The van der Waals surface area contributed by atoms with Crippen LogP contribution >= 0.6 is 0 Å². The summed E-state index contributed by atoms with van der Waals surface area (Å²) in [5.41, 5.74) is 12.5. The predicted octanol–water partition coefficient (Wildman–Crippen LogP) is 1.57. The first-order valence-electron chi connectivity index (χ1n) is 12.0. The van der Waals surface area contributed by atoms with Crippen molar-refractivity contribution >= 4 is 23.3 Å². The van der Waals surface area contributed by atoms with Crippen molar-refractivity contribution in [3.63, 3.8) is 0 Å². The molecule has 2 aromatic heterocycles. The minimum atomic E-state index is -0.632. The second-order valence-corrected chi connectivity index (χ2v) is 9.55. The highest BCUT2D eigenvalue weighted by molar-refractivity contribution is 5.96. The number of primary amides is 1. The first-order chi connectivity index (χ1) is 16.9. The van der Waals surface area contributed by atoms with Crippen molar-refractivity contribution in [2.24, 2.45) is 11.1 Å². The zero-order valence-electron chi connectivity index (χ0n) is 19.6. The van der Waals surface area contributed by atoms with Gasteiger partial charge in [0.2, 0.25) is 0 Å². The van der Waals surface area contributed by atoms with E-state index < -0.39 is 5.91 Å². The highest BCUT2D eigenvalue weighted by Gasteiger charge is 2.42. The lowest BCUT2D eigenvalue weighted by molar-refractivity contribution is 0.0643. The van der Waals surface area contributed by atoms with E-state index in [0.717, 1.165) is 50.9 Å². The molecule has 35 heavy (non-hydrogen) atoms. The molecule has 4 heterocycles. The smallest absolute Gasteiger partial charge is 0.319 e. The maximum atomic E-state index is 12.9. The van der Waals surface area contributed by atoms with E-state index in [9.17, 15) is 9.59 Å². The number of likely N-dealkylation sites (tertiary alicyclic amines) is 1. The molecule has 2 amide bonds. The minimum absolute atomic E-state index is 0.108. The normalized spacial score (nSPS) is 18.9. The van der Waals surface area contributed by atoms with Crippen molar-refractivity contribution in [3.8, 4) is 18.4 Å². The summed E-state index contributed by atoms with van der Waals surface area (Å²) in [7, 11) is 0. The number of nitrogens with two attached hydrogens (primary N) is 2. The van der Waals surface area contributed by atoms with Crippen LogP contribution in [0.3, 0.4) is 0 Å². The van der Waals surface area contributed by atoms with Crippen molar-refractivity contribution in [1.29, 1.82) is 0 Å². The molecule has 3 aliphatic rings. The number of hydrogen-bond donors (Lipinski definition) is 2. The lowest BCUT2D eigenvalue weighted by Gasteiger charge is -2.33. The molecular weight excluding hydrogens is 446 g/mol. The zero-order valence-corrected chi connectivity index (χ0v) is 19.6. The van der Waals surface area contributed by atoms with Crippen molar-refractivity contribution < 1.29 is 14.3 Å². The fraction of sp³-hybridized carbons (Fsp3) is 0.480. The van der Waals surface area contributed by atoms with E-state index in [1.165, 1.54) is 0 Å². The fourth-order valence-electron chi connectivity index (χ4n) is 4.43. The second kappa shape index (κ2) is 9.06. The van der Waals surface area contributed by atoms with Gasteiger partial charge in [0.15, 0.2) is 5.69 Å². The van der Waals surface area contributed by atoms with Gasteiger partial charge in [-0.15, -0.1) is 6.42 Å². The first kappa shape index (κ1) is 22.9. The van der Waals surface area contributed by atoms with Crippen LogP contribution in [0.5, 0.6) is 6.01 Å². The summed E-state index contributed by atoms with van der Waals surface area (Å²) in [4.78, 5) is 41.9. The maximum Gasteiger partial charge on any atom is 0.319 e. The Bertz CT molecular complexity index is 1190. The summed E-state index contributed by atoms with van der Waals surface area (Å²) in [6.07, 6.45) is 10.1. The van der Waals surface area contributed by atoms with Gasteiger partial charge in [-0.3, -0.25) is 9.59 Å². The lowest BCUT2D eigenvalue weighted by atomic mass is 9.92. The summed E-state index contributed by atoms with van der Waals surface area (Å²) in [5, 5.41) is 0. The standard InChI is InChI=1S/C25H29N7O3/c1-2-25(8-9-25)15-35-24-29-19(23(34)32-10-3-11-32)14-20(30-24)31-12-6-16(7-13-31)18-5-4-17(26)21(28-18)22(27)33/h1,4-5,14,16H,3,6-13,15,26H2,(H2,27,33). The van der Waals surface area contributed by atoms with E-state index in [1.54, 1.807) is 17.0 Å². The number of ether oxygens (including phenoxy) is 1. The Balaban J connectivity index is 1.33. The van der Waals surface area contributed by atoms with Crippen LogP contribution in [-0.4, -0.2) is 64.5 Å². The average Bonchev–Trinajstić information content (AvgIpc) is 3.62. The number of amides is 2. The van der Waals surface area contributed by atoms with Gasteiger partial charge in [0.1, 0.15) is 18.1 Å². The second-order valence-electron chi connectivity index (χ2n) is 9.55. The number of hydrogen-bond acceptors (Lipinski definition) is 8. The van der Waals surface area contributed by atoms with Crippen molar-refractivity contribution in [1.82, 2.24) is 19.9 Å². The number of nitrogen functional groups attached to an aromatic ring is 1. The van der Waals surface area contributed by atoms with E-state index in [0.29, 0.717) is 31.2 Å². The Morgan fingerprint density at radius 3 is 2.49 bits per heavy atom. The molecule has 0 atom stereocenters. The number of carbonyl (C=O) groups is 2. The molecule has 0 radical (unpaired) electrons. The molecule has 2 aromatic rings. The Labute approximate surface area is 204 Å². The third kappa shape index (κ3) is 4.71. The number of terminal acetylenes is 1. The van der Waals surface area contributed by atoms with Crippen LogP contribution in [0.1, 0.15) is 64.7 Å². The molecule has 3 fully saturated rings. The number of nitrogens with zero attached hydrogens (tertiary/aromatic N) is 5. The van der Waals surface area contributed by atoms with Gasteiger partial charge in [-0.1, -0.05) is 5.92 Å². The van der Waals surface area contributed by atoms with E-state index in [4.69, 9.17) is 22.6 Å². The summed E-state index contributed by atoms with van der Waals surface area (Å²) in [5.74, 6) is 2.88. The van der Waals surface area contributed by atoms with Gasteiger partial charge in [-0.05, 0) is 44.2 Å². The average molecular weight is 476 g/mol. The Kier molecular flexibility index (Phi) is 5.93. The van der Waals surface area contributed by atoms with Crippen LogP contribution in [-0.2, 0) is 0 Å². The quantitative estimate of drug-likeness (QED) is 0.575. The van der Waals surface area contributed by atoms with E-state index in [1.807, 2.05) is 6.07 Å². The maximum absolute atomic E-state index is 12.9. The molecule has 10 nitrogen and oxygen atoms in total. The van der Waals surface area contributed by atoms with Crippen molar-refractivity contribution in [2.75, 3.05) is 43.4 Å². The van der Waals surface area contributed by atoms with E-state index >= 15 is 0 Å². The van der Waals surface area contributed by atoms with Gasteiger partial charge in [-0.25, -0.2) is 4.98 Å². The summed E-state index contributed by atoms with van der Waals surface area (Å²) in [6, 6.07) is 5.46. The number of rotatable bonds is 7. The van der Waals surface area contributed by atoms with Gasteiger partial charge in [0.25, 0.3) is 11.8 Å². The predicted molar refractivity (Wildman–Crippen MR) is 130 cm³/mol. The topological polar surface area (TPSA) is 141 Å². The molecule has 0 bridgehead atoms. The number of piperidine rings is 1. The highest BCUT2D eigenvalue weighted by atomic mass is 16.5. The molecule has 1 aliphatic carbocycles. The third-order valence-corrected chi connectivity index (χ3v) is 7.11. The number of anilines is 2. The molecule has 0 spiro atoms. The lowest BCUT2D eigenvalue weighted by Crippen LogP contribution is -2.42. The van der Waals surface area contributed by atoms with Gasteiger partial charge in [0.05, 0.1) is 11.1 Å². The SMILES string of the molecule is C#CC1(COc2nc(C(=O)N3CCC3)cc(N3CCC(c4ccc(N)c(C(N)=O)n4)CC3)n2)CC1. The van der Waals surface area contributed by atoms with E-state index in [2.05, 4.69) is 25.8 Å². The molecule has 0 unspecified atom stereocenters. The zero-order chi connectivity index (χ0) is 24.6. The monoisotopic (exact) mass is 475 g/mol. The Morgan fingerprint density at radius 2 is 1.89 bits per heavy atom. The van der Waals surface area contributed by atoms with Gasteiger partial charge in [0, 0.05) is 43.9 Å².